The van der Waals surface area contributed by atoms with Gasteiger partial charge in [-0.1, -0.05) is 84.5 Å². The van der Waals surface area contributed by atoms with Gasteiger partial charge in [0.1, 0.15) is 0 Å². The third-order valence-corrected chi connectivity index (χ3v) is 6.82. The first-order chi connectivity index (χ1) is 10.5. The number of halogens is 2. The molecule has 0 atom stereocenters. The van der Waals surface area contributed by atoms with Crippen molar-refractivity contribution in [1.82, 2.24) is 0 Å². The minimum absolute atomic E-state index is 0. The number of benzene rings is 2. The predicted octanol–water partition coefficient (Wildman–Crippen LogP) is 0.308. The molecule has 1 radical (unpaired) electrons. The smallest absolute Gasteiger partial charge is 1.00 e. The number of allylic oxidation sites excluding steroid dienone is 4. The zero-order valence-corrected chi connectivity index (χ0v) is 19.7. The second-order valence-corrected chi connectivity index (χ2v) is 12.4. The summed E-state index contributed by atoms with van der Waals surface area (Å²) in [5, 5.41) is 7.10. The summed E-state index contributed by atoms with van der Waals surface area (Å²) in [4.78, 5) is 0. The van der Waals surface area contributed by atoms with Crippen LogP contribution in [0.15, 0.2) is 65.9 Å². The minimum atomic E-state index is -1.21. The van der Waals surface area contributed by atoms with E-state index in [4.69, 9.17) is 0 Å². The largest absolute Gasteiger partial charge is 3.00 e. The van der Waals surface area contributed by atoms with Crippen molar-refractivity contribution in [2.45, 2.75) is 26.1 Å². The fourth-order valence-corrected chi connectivity index (χ4v) is 4.82. The van der Waals surface area contributed by atoms with Crippen molar-refractivity contribution >= 4 is 35.2 Å². The minimum Gasteiger partial charge on any atom is -1.00 e. The van der Waals surface area contributed by atoms with Crippen molar-refractivity contribution in [2.75, 3.05) is 0 Å². The quantitative estimate of drug-likeness (QED) is 0.379. The Kier molecular flexibility index (Phi) is 7.60. The average Bonchev–Trinajstić information content (AvgIpc) is 3.11. The molecule has 0 bridgehead atoms. The Morgan fingerprint density at radius 1 is 0.880 bits per heavy atom. The van der Waals surface area contributed by atoms with Gasteiger partial charge in [0, 0.05) is 0 Å². The van der Waals surface area contributed by atoms with Crippen LogP contribution in [0.2, 0.25) is 19.6 Å². The second-order valence-electron chi connectivity index (χ2n) is 7.28. The van der Waals surface area contributed by atoms with Crippen molar-refractivity contribution < 1.29 is 51.0 Å². The fourth-order valence-electron chi connectivity index (χ4n) is 3.50. The van der Waals surface area contributed by atoms with Crippen LogP contribution in [0.25, 0.3) is 27.1 Å². The van der Waals surface area contributed by atoms with Crippen LogP contribution in [-0.4, -0.2) is 8.07 Å². The number of hydrogen-bond donors (Lipinski definition) is 0. The van der Waals surface area contributed by atoms with Gasteiger partial charge in [-0.3, -0.25) is 0 Å². The molecule has 0 heterocycles. The van der Waals surface area contributed by atoms with E-state index in [1.54, 1.807) is 5.20 Å². The van der Waals surface area contributed by atoms with Crippen LogP contribution in [0, 0.1) is 0 Å². The van der Waals surface area contributed by atoms with E-state index in [1.807, 2.05) is 0 Å². The molecule has 0 saturated heterocycles. The van der Waals surface area contributed by atoms with Gasteiger partial charge in [0.25, 0.3) is 0 Å². The summed E-state index contributed by atoms with van der Waals surface area (Å²) in [5.41, 5.74) is 2.90. The van der Waals surface area contributed by atoms with Gasteiger partial charge in [0.2, 0.25) is 0 Å². The molecule has 0 saturated carbocycles. The average molecular weight is 464 g/mol. The van der Waals surface area contributed by atoms with Crippen molar-refractivity contribution in [3.63, 3.8) is 0 Å². The Hall–Kier alpha value is -0.530. The summed E-state index contributed by atoms with van der Waals surface area (Å²) in [7, 11) is -1.21. The fraction of sp³-hybridized carbons (Fsp3) is 0.190. The van der Waals surface area contributed by atoms with Crippen molar-refractivity contribution in [3.8, 4) is 0 Å². The molecule has 0 N–H and O–H groups in total. The van der Waals surface area contributed by atoms with Gasteiger partial charge < -0.3 is 24.8 Å². The van der Waals surface area contributed by atoms with E-state index in [1.165, 1.54) is 32.7 Å². The van der Waals surface area contributed by atoms with Gasteiger partial charge >= 0.3 is 26.2 Å². The van der Waals surface area contributed by atoms with E-state index < -0.39 is 8.07 Å². The predicted molar refractivity (Wildman–Crippen MR) is 101 cm³/mol. The van der Waals surface area contributed by atoms with Gasteiger partial charge in [-0.2, -0.15) is 0 Å². The normalized spacial score (nSPS) is 13.6. The van der Waals surface area contributed by atoms with E-state index in [0.29, 0.717) is 0 Å². The maximum Gasteiger partial charge on any atom is 3.00 e. The number of hydrogen-bond acceptors (Lipinski definition) is 0. The van der Waals surface area contributed by atoms with E-state index >= 15 is 0 Å². The molecule has 127 valence electrons. The summed E-state index contributed by atoms with van der Waals surface area (Å²) >= 11 is 0. The van der Waals surface area contributed by atoms with E-state index in [2.05, 4.69) is 80.3 Å². The van der Waals surface area contributed by atoms with Crippen LogP contribution >= 0.6 is 0 Å². The first-order valence-corrected chi connectivity index (χ1v) is 11.5. The monoisotopic (exact) mass is 461 g/mol. The first-order valence-electron chi connectivity index (χ1n) is 8.03. The Balaban J connectivity index is 0.00000104. The number of rotatable bonds is 2. The van der Waals surface area contributed by atoms with Gasteiger partial charge in [-0.25, -0.2) is 0 Å². The van der Waals surface area contributed by atoms with E-state index in [-0.39, 0.29) is 51.0 Å². The molecule has 3 aromatic carbocycles. The number of fused-ring (bicyclic) bond motifs is 3. The molecule has 0 spiro atoms. The van der Waals surface area contributed by atoms with Crippen LogP contribution in [0.1, 0.15) is 12.0 Å². The molecule has 4 heteroatoms. The van der Waals surface area contributed by atoms with Crippen LogP contribution in [0.3, 0.4) is 0 Å². The molecule has 0 aliphatic heterocycles. The molecule has 0 nitrogen and oxygen atoms in total. The van der Waals surface area contributed by atoms with Gasteiger partial charge in [0.15, 0.2) is 0 Å². The van der Waals surface area contributed by atoms with Crippen LogP contribution in [0.5, 0.6) is 0 Å². The standard InChI is InChI=1S/C21H21Si.2ClH.Zr/c1-22(2,3)17-12-11-16(13-17)19-9-6-10-20-18-8-5-4-7-15(18)14-21(19)20;;;/h4-10,12-14H,11H2,1-3H3;2*1H;/q-1;;;+3/p-2. The van der Waals surface area contributed by atoms with Gasteiger partial charge in [-0.05, 0) is 6.42 Å². The molecule has 0 fully saturated rings. The Morgan fingerprint density at radius 3 is 2.24 bits per heavy atom. The second kappa shape index (κ2) is 8.44. The van der Waals surface area contributed by atoms with Gasteiger partial charge in [0.05, 0.1) is 8.07 Å². The third-order valence-electron chi connectivity index (χ3n) is 4.74. The molecule has 1 aliphatic carbocycles. The summed E-state index contributed by atoms with van der Waals surface area (Å²) in [5.74, 6) is 0. The Bertz CT molecular complexity index is 945. The molecular formula is C21H21Cl2SiZr. The van der Waals surface area contributed by atoms with Crippen molar-refractivity contribution in [3.05, 3.63) is 71.4 Å². The van der Waals surface area contributed by atoms with E-state index in [9.17, 15) is 0 Å². The molecule has 4 rings (SSSR count). The molecule has 0 aromatic heterocycles. The molecular weight excluding hydrogens is 442 g/mol. The van der Waals surface area contributed by atoms with Gasteiger partial charge in [-0.15, -0.1) is 33.7 Å². The van der Waals surface area contributed by atoms with Crippen LogP contribution < -0.4 is 24.8 Å². The first kappa shape index (κ1) is 22.5. The topological polar surface area (TPSA) is 0 Å². The van der Waals surface area contributed by atoms with Crippen LogP contribution in [0.4, 0.5) is 0 Å². The molecule has 25 heavy (non-hydrogen) atoms. The summed E-state index contributed by atoms with van der Waals surface area (Å²) in [6.45, 7) is 7.28. The molecule has 3 aromatic rings. The molecule has 0 amide bonds. The summed E-state index contributed by atoms with van der Waals surface area (Å²) in [6.07, 6.45) is 5.99. The van der Waals surface area contributed by atoms with Crippen molar-refractivity contribution in [1.29, 1.82) is 0 Å². The third kappa shape index (κ3) is 4.08. The summed E-state index contributed by atoms with van der Waals surface area (Å²) in [6, 6.07) is 17.8. The summed E-state index contributed by atoms with van der Waals surface area (Å²) < 4.78 is 0. The zero-order valence-electron chi connectivity index (χ0n) is 14.7. The van der Waals surface area contributed by atoms with Crippen molar-refractivity contribution in [2.24, 2.45) is 0 Å². The molecule has 1 aliphatic rings. The zero-order chi connectivity index (χ0) is 15.3. The molecule has 0 unspecified atom stereocenters. The Morgan fingerprint density at radius 2 is 1.56 bits per heavy atom. The van der Waals surface area contributed by atoms with Crippen LogP contribution in [-0.2, 0) is 26.2 Å². The Labute approximate surface area is 182 Å². The maximum atomic E-state index is 2.46. The maximum absolute atomic E-state index is 2.46. The van der Waals surface area contributed by atoms with E-state index in [0.717, 1.165) is 6.42 Å². The SMILES string of the molecule is C[Si](C)(C)C1=CCC(c2cccc3c2[cH-]c2ccccc23)=C1.[Cl-].[Cl-].[Zr+3].